The summed E-state index contributed by atoms with van der Waals surface area (Å²) < 4.78 is 5.72. The van der Waals surface area contributed by atoms with Gasteiger partial charge in [0.05, 0.1) is 6.61 Å². The maximum absolute atomic E-state index is 5.72. The fourth-order valence-electron chi connectivity index (χ4n) is 2.23. The Hall–Kier alpha value is -0.120. The molecule has 0 radical (unpaired) electrons. The average Bonchev–Trinajstić information content (AvgIpc) is 2.30. The molecule has 0 rings (SSSR count). The lowest BCUT2D eigenvalue weighted by atomic mass is 10.2. The highest BCUT2D eigenvalue weighted by atomic mass is 16.5. The van der Waals surface area contributed by atoms with Crippen molar-refractivity contribution in [3.63, 3.8) is 0 Å². The van der Waals surface area contributed by atoms with E-state index < -0.39 is 0 Å². The highest BCUT2D eigenvalue weighted by molar-refractivity contribution is 4.66. The van der Waals surface area contributed by atoms with Crippen molar-refractivity contribution >= 4 is 0 Å². The van der Waals surface area contributed by atoms with Crippen LogP contribution in [0.3, 0.4) is 0 Å². The zero-order chi connectivity index (χ0) is 14.7. The number of hydrogen-bond acceptors (Lipinski definition) is 3. The molecule has 0 aromatic carbocycles. The highest BCUT2D eigenvalue weighted by Gasteiger charge is 2.12. The van der Waals surface area contributed by atoms with Gasteiger partial charge < -0.3 is 10.1 Å². The number of rotatable bonds is 12. The Bertz CT molecular complexity index is 185. The maximum atomic E-state index is 5.72. The molecule has 0 heterocycles. The second-order valence-corrected chi connectivity index (χ2v) is 6.34. The van der Waals surface area contributed by atoms with E-state index in [1.165, 1.54) is 6.42 Å². The second kappa shape index (κ2) is 11.7. The third kappa shape index (κ3) is 11.4. The van der Waals surface area contributed by atoms with Gasteiger partial charge in [-0.05, 0) is 59.5 Å². The lowest BCUT2D eigenvalue weighted by Crippen LogP contribution is -2.39. The van der Waals surface area contributed by atoms with Gasteiger partial charge in [0, 0.05) is 25.2 Å². The Kier molecular flexibility index (Phi) is 11.6. The minimum atomic E-state index is 0.601. The van der Waals surface area contributed by atoms with Gasteiger partial charge in [0.15, 0.2) is 0 Å². The maximum Gasteiger partial charge on any atom is 0.0593 e. The molecule has 0 aromatic rings. The first-order valence-electron chi connectivity index (χ1n) is 7.99. The van der Waals surface area contributed by atoms with Crippen molar-refractivity contribution in [1.82, 2.24) is 10.2 Å². The number of ether oxygens (including phenoxy) is 1. The largest absolute Gasteiger partial charge is 0.380 e. The second-order valence-electron chi connectivity index (χ2n) is 6.34. The molecule has 0 amide bonds. The Morgan fingerprint density at radius 1 is 0.895 bits per heavy atom. The van der Waals surface area contributed by atoms with Gasteiger partial charge in [0.2, 0.25) is 0 Å². The van der Waals surface area contributed by atoms with Gasteiger partial charge in [-0.1, -0.05) is 13.8 Å². The molecule has 0 aliphatic carbocycles. The summed E-state index contributed by atoms with van der Waals surface area (Å²) in [5.74, 6) is 0.745. The van der Waals surface area contributed by atoms with Crippen molar-refractivity contribution in [2.24, 2.45) is 5.92 Å². The third-order valence-electron chi connectivity index (χ3n) is 3.27. The molecule has 0 atom stereocenters. The lowest BCUT2D eigenvalue weighted by Gasteiger charge is -2.30. The first-order valence-corrected chi connectivity index (χ1v) is 7.99. The molecule has 0 fully saturated rings. The molecule has 19 heavy (non-hydrogen) atoms. The van der Waals surface area contributed by atoms with Crippen LogP contribution in [0.4, 0.5) is 0 Å². The molecule has 0 bridgehead atoms. The van der Waals surface area contributed by atoms with E-state index in [0.29, 0.717) is 12.1 Å². The molecule has 1 N–H and O–H groups in total. The smallest absolute Gasteiger partial charge is 0.0593 e. The fraction of sp³-hybridized carbons (Fsp3) is 1.00. The summed E-state index contributed by atoms with van der Waals surface area (Å²) in [5, 5.41) is 3.46. The van der Waals surface area contributed by atoms with Crippen LogP contribution in [0.15, 0.2) is 0 Å². The molecule has 0 spiro atoms. The van der Waals surface area contributed by atoms with Crippen LogP contribution in [0.5, 0.6) is 0 Å². The summed E-state index contributed by atoms with van der Waals surface area (Å²) >= 11 is 0. The van der Waals surface area contributed by atoms with Crippen molar-refractivity contribution in [3.05, 3.63) is 0 Å². The van der Waals surface area contributed by atoms with Crippen LogP contribution >= 0.6 is 0 Å². The van der Waals surface area contributed by atoms with Crippen LogP contribution < -0.4 is 5.32 Å². The molecular formula is C16H36N2O. The van der Waals surface area contributed by atoms with Gasteiger partial charge in [-0.2, -0.15) is 0 Å². The standard InChI is InChI=1S/C16H36N2O/c1-14(2)13-17-9-7-8-11-19-12-10-18(15(3)4)16(5)6/h14-17H,7-13H2,1-6H3. The molecule has 0 saturated heterocycles. The quantitative estimate of drug-likeness (QED) is 0.552. The predicted octanol–water partition coefficient (Wildman–Crippen LogP) is 3.15. The molecule has 0 aromatic heterocycles. The molecule has 3 heteroatoms. The van der Waals surface area contributed by atoms with Crippen molar-refractivity contribution < 1.29 is 4.74 Å². The topological polar surface area (TPSA) is 24.5 Å². The lowest BCUT2D eigenvalue weighted by molar-refractivity contribution is 0.0766. The van der Waals surface area contributed by atoms with E-state index >= 15 is 0 Å². The molecule has 0 unspecified atom stereocenters. The third-order valence-corrected chi connectivity index (χ3v) is 3.27. The molecule has 116 valence electrons. The van der Waals surface area contributed by atoms with Gasteiger partial charge in [-0.15, -0.1) is 0 Å². The molecule has 0 saturated carbocycles. The van der Waals surface area contributed by atoms with E-state index in [1.54, 1.807) is 0 Å². The van der Waals surface area contributed by atoms with Crippen molar-refractivity contribution in [2.45, 2.75) is 66.5 Å². The van der Waals surface area contributed by atoms with E-state index in [4.69, 9.17) is 4.74 Å². The summed E-state index contributed by atoms with van der Waals surface area (Å²) in [7, 11) is 0. The fourth-order valence-corrected chi connectivity index (χ4v) is 2.23. The molecule has 3 nitrogen and oxygen atoms in total. The number of nitrogens with zero attached hydrogens (tertiary/aromatic N) is 1. The van der Waals surface area contributed by atoms with Gasteiger partial charge in [-0.3, -0.25) is 4.90 Å². The number of unbranched alkanes of at least 4 members (excludes halogenated alkanes) is 1. The summed E-state index contributed by atoms with van der Waals surface area (Å²) in [5.41, 5.74) is 0. The first-order chi connectivity index (χ1) is 8.95. The zero-order valence-electron chi connectivity index (χ0n) is 14.0. The van der Waals surface area contributed by atoms with E-state index in [1.807, 2.05) is 0 Å². The van der Waals surface area contributed by atoms with E-state index in [-0.39, 0.29) is 0 Å². The summed E-state index contributed by atoms with van der Waals surface area (Å²) in [4.78, 5) is 2.48. The van der Waals surface area contributed by atoms with E-state index in [9.17, 15) is 0 Å². The summed E-state index contributed by atoms with van der Waals surface area (Å²) in [6, 6.07) is 1.20. The van der Waals surface area contributed by atoms with Crippen LogP contribution in [0.2, 0.25) is 0 Å². The van der Waals surface area contributed by atoms with Crippen LogP contribution in [0.25, 0.3) is 0 Å². The van der Waals surface area contributed by atoms with E-state index in [2.05, 4.69) is 51.8 Å². The van der Waals surface area contributed by atoms with Gasteiger partial charge in [0.1, 0.15) is 0 Å². The number of hydrogen-bond donors (Lipinski definition) is 1. The monoisotopic (exact) mass is 272 g/mol. The van der Waals surface area contributed by atoms with Crippen molar-refractivity contribution in [2.75, 3.05) is 32.8 Å². The van der Waals surface area contributed by atoms with Gasteiger partial charge in [0.25, 0.3) is 0 Å². The van der Waals surface area contributed by atoms with Crippen molar-refractivity contribution in [1.29, 1.82) is 0 Å². The molecular weight excluding hydrogens is 236 g/mol. The van der Waals surface area contributed by atoms with E-state index in [0.717, 1.165) is 45.2 Å². The summed E-state index contributed by atoms with van der Waals surface area (Å²) in [6.07, 6.45) is 2.37. The Balaban J connectivity index is 3.35. The van der Waals surface area contributed by atoms with Crippen LogP contribution in [-0.4, -0.2) is 49.8 Å². The molecule has 0 aliphatic rings. The Labute approximate surface area is 121 Å². The summed E-state index contributed by atoms with van der Waals surface area (Å²) in [6.45, 7) is 18.5. The first kappa shape index (κ1) is 18.9. The van der Waals surface area contributed by atoms with Gasteiger partial charge >= 0.3 is 0 Å². The van der Waals surface area contributed by atoms with Crippen molar-refractivity contribution in [3.8, 4) is 0 Å². The zero-order valence-corrected chi connectivity index (χ0v) is 14.0. The predicted molar refractivity (Wildman–Crippen MR) is 84.7 cm³/mol. The SMILES string of the molecule is CC(C)CNCCCCOCCN(C(C)C)C(C)C. The Morgan fingerprint density at radius 3 is 2.05 bits per heavy atom. The van der Waals surface area contributed by atoms with Crippen LogP contribution in [0, 0.1) is 5.92 Å². The highest BCUT2D eigenvalue weighted by Crippen LogP contribution is 2.04. The Morgan fingerprint density at radius 2 is 1.53 bits per heavy atom. The minimum absolute atomic E-state index is 0.601. The van der Waals surface area contributed by atoms with Crippen LogP contribution in [-0.2, 0) is 4.74 Å². The molecule has 0 aliphatic heterocycles. The average molecular weight is 272 g/mol. The number of nitrogens with one attached hydrogen (secondary N) is 1. The van der Waals surface area contributed by atoms with Crippen LogP contribution in [0.1, 0.15) is 54.4 Å². The van der Waals surface area contributed by atoms with Gasteiger partial charge in [-0.25, -0.2) is 0 Å². The minimum Gasteiger partial charge on any atom is -0.380 e. The normalized spacial score (nSPS) is 12.3.